The van der Waals surface area contributed by atoms with Gasteiger partial charge in [-0.1, -0.05) is 0 Å². The topological polar surface area (TPSA) is 64.2 Å². The van der Waals surface area contributed by atoms with E-state index in [0.717, 1.165) is 4.90 Å². The van der Waals surface area contributed by atoms with Crippen molar-refractivity contribution in [3.8, 4) is 0 Å². The van der Waals surface area contributed by atoms with Crippen molar-refractivity contribution in [3.63, 3.8) is 0 Å². The molecule has 1 fully saturated rings. The van der Waals surface area contributed by atoms with Crippen molar-refractivity contribution in [1.29, 1.82) is 0 Å². The summed E-state index contributed by atoms with van der Waals surface area (Å²) in [5.74, 6) is -0.698. The number of carbonyl (C=O) groups is 1. The van der Waals surface area contributed by atoms with Crippen molar-refractivity contribution < 1.29 is 18.0 Å². The van der Waals surface area contributed by atoms with Crippen LogP contribution in [0, 0.1) is 0 Å². The predicted molar refractivity (Wildman–Crippen MR) is 62.4 cm³/mol. The minimum atomic E-state index is -4.41. The standard InChI is InChI=1S/C11H15F3N4O/c1-2-18-9(8(15)5-16-18)10(19)17(7-3-4-7)6-11(12,13)14/h5,7H,2-4,6,15H2,1H3. The first-order valence-electron chi connectivity index (χ1n) is 6.02. The molecule has 1 aromatic heterocycles. The van der Waals surface area contributed by atoms with Crippen molar-refractivity contribution >= 4 is 11.6 Å². The summed E-state index contributed by atoms with van der Waals surface area (Å²) in [5, 5.41) is 3.88. The fourth-order valence-corrected chi connectivity index (χ4v) is 1.96. The Bertz CT molecular complexity index is 479. The van der Waals surface area contributed by atoms with Crippen LogP contribution in [0.1, 0.15) is 30.3 Å². The highest BCUT2D eigenvalue weighted by molar-refractivity contribution is 5.97. The van der Waals surface area contributed by atoms with Gasteiger partial charge in [0.1, 0.15) is 12.2 Å². The number of rotatable bonds is 4. The minimum Gasteiger partial charge on any atom is -0.396 e. The number of aromatic nitrogens is 2. The van der Waals surface area contributed by atoms with Crippen LogP contribution in [0.4, 0.5) is 18.9 Å². The average molecular weight is 276 g/mol. The third-order valence-electron chi connectivity index (χ3n) is 2.97. The molecule has 0 saturated heterocycles. The Hall–Kier alpha value is -1.73. The molecule has 1 aliphatic rings. The van der Waals surface area contributed by atoms with Crippen molar-refractivity contribution in [3.05, 3.63) is 11.9 Å². The molecule has 0 spiro atoms. The van der Waals surface area contributed by atoms with Gasteiger partial charge in [0, 0.05) is 12.6 Å². The first-order valence-corrected chi connectivity index (χ1v) is 6.02. The molecule has 0 atom stereocenters. The summed E-state index contributed by atoms with van der Waals surface area (Å²) < 4.78 is 38.9. The molecule has 8 heteroatoms. The van der Waals surface area contributed by atoms with Crippen molar-refractivity contribution in [2.45, 2.75) is 38.5 Å². The maximum atomic E-state index is 12.5. The fourth-order valence-electron chi connectivity index (χ4n) is 1.96. The molecule has 1 amide bonds. The van der Waals surface area contributed by atoms with Gasteiger partial charge >= 0.3 is 6.18 Å². The van der Waals surface area contributed by atoms with E-state index in [-0.39, 0.29) is 17.4 Å². The molecule has 19 heavy (non-hydrogen) atoms. The van der Waals surface area contributed by atoms with E-state index in [1.165, 1.54) is 10.9 Å². The Labute approximate surface area is 108 Å². The lowest BCUT2D eigenvalue weighted by Crippen LogP contribution is -2.41. The maximum Gasteiger partial charge on any atom is 0.406 e. The van der Waals surface area contributed by atoms with E-state index in [1.54, 1.807) is 6.92 Å². The predicted octanol–water partition coefficient (Wildman–Crippen LogP) is 1.65. The molecule has 2 rings (SSSR count). The van der Waals surface area contributed by atoms with Crippen LogP contribution in [0.3, 0.4) is 0 Å². The zero-order chi connectivity index (χ0) is 14.2. The van der Waals surface area contributed by atoms with Crippen LogP contribution in [-0.4, -0.2) is 39.4 Å². The molecule has 2 N–H and O–H groups in total. The normalized spacial score (nSPS) is 15.6. The van der Waals surface area contributed by atoms with E-state index in [9.17, 15) is 18.0 Å². The zero-order valence-corrected chi connectivity index (χ0v) is 10.4. The highest BCUT2D eigenvalue weighted by atomic mass is 19.4. The molecule has 0 unspecified atom stereocenters. The SMILES string of the molecule is CCn1ncc(N)c1C(=O)N(CC(F)(F)F)C1CC1. The smallest absolute Gasteiger partial charge is 0.396 e. The van der Waals surface area contributed by atoms with Gasteiger partial charge in [0.15, 0.2) is 0 Å². The number of hydrogen-bond donors (Lipinski definition) is 1. The van der Waals surface area contributed by atoms with E-state index in [2.05, 4.69) is 5.10 Å². The molecule has 5 nitrogen and oxygen atoms in total. The van der Waals surface area contributed by atoms with Crippen molar-refractivity contribution in [1.82, 2.24) is 14.7 Å². The first kappa shape index (κ1) is 13.7. The lowest BCUT2D eigenvalue weighted by molar-refractivity contribution is -0.141. The highest BCUT2D eigenvalue weighted by Gasteiger charge is 2.42. The number of carbonyl (C=O) groups excluding carboxylic acids is 1. The Morgan fingerprint density at radius 3 is 2.68 bits per heavy atom. The van der Waals surface area contributed by atoms with Crippen LogP contribution in [-0.2, 0) is 6.54 Å². The van der Waals surface area contributed by atoms with Gasteiger partial charge < -0.3 is 10.6 Å². The number of nitrogens with zero attached hydrogens (tertiary/aromatic N) is 3. The summed E-state index contributed by atoms with van der Waals surface area (Å²) >= 11 is 0. The van der Waals surface area contributed by atoms with Crippen molar-refractivity contribution in [2.24, 2.45) is 0 Å². The molecule has 1 saturated carbocycles. The Balaban J connectivity index is 2.26. The second kappa shape index (κ2) is 4.75. The number of anilines is 1. The maximum absolute atomic E-state index is 12.5. The van der Waals surface area contributed by atoms with Gasteiger partial charge in [-0.25, -0.2) is 0 Å². The van der Waals surface area contributed by atoms with Crippen molar-refractivity contribution in [2.75, 3.05) is 12.3 Å². The minimum absolute atomic E-state index is 0.0404. The molecule has 106 valence electrons. The number of hydrogen-bond acceptors (Lipinski definition) is 3. The van der Waals surface area contributed by atoms with E-state index in [4.69, 9.17) is 5.73 Å². The monoisotopic (exact) mass is 276 g/mol. The third-order valence-corrected chi connectivity index (χ3v) is 2.97. The van der Waals surface area contributed by atoms with Gasteiger partial charge in [-0.2, -0.15) is 18.3 Å². The second-order valence-corrected chi connectivity index (χ2v) is 4.54. The summed E-state index contributed by atoms with van der Waals surface area (Å²) in [7, 11) is 0. The van der Waals surface area contributed by atoms with Gasteiger partial charge in [-0.15, -0.1) is 0 Å². The molecule has 0 aromatic carbocycles. The third kappa shape index (κ3) is 2.99. The lowest BCUT2D eigenvalue weighted by Gasteiger charge is -2.24. The molecular formula is C11H15F3N4O. The van der Waals surface area contributed by atoms with Gasteiger partial charge in [-0.3, -0.25) is 9.48 Å². The zero-order valence-electron chi connectivity index (χ0n) is 10.4. The van der Waals surface area contributed by atoms with Crippen LogP contribution in [0.5, 0.6) is 0 Å². The van der Waals surface area contributed by atoms with E-state index < -0.39 is 18.6 Å². The second-order valence-electron chi connectivity index (χ2n) is 4.54. The summed E-state index contributed by atoms with van der Waals surface area (Å²) in [6.07, 6.45) is -1.93. The Kier molecular flexibility index (Phi) is 3.42. The van der Waals surface area contributed by atoms with E-state index in [0.29, 0.717) is 19.4 Å². The molecule has 1 aromatic rings. The van der Waals surface area contributed by atoms with Crippen LogP contribution in [0.2, 0.25) is 0 Å². The van der Waals surface area contributed by atoms with Crippen LogP contribution in [0.25, 0.3) is 0 Å². The largest absolute Gasteiger partial charge is 0.406 e. The average Bonchev–Trinajstić information content (AvgIpc) is 3.08. The quantitative estimate of drug-likeness (QED) is 0.909. The fraction of sp³-hybridized carbons (Fsp3) is 0.636. The molecular weight excluding hydrogens is 261 g/mol. The van der Waals surface area contributed by atoms with Crippen LogP contribution in [0.15, 0.2) is 6.20 Å². The molecule has 0 radical (unpaired) electrons. The number of alkyl halides is 3. The van der Waals surface area contributed by atoms with E-state index in [1.807, 2.05) is 0 Å². The highest BCUT2D eigenvalue weighted by Crippen LogP contribution is 2.32. The first-order chi connectivity index (χ1) is 8.83. The number of nitrogen functional groups attached to an aromatic ring is 1. The summed E-state index contributed by atoms with van der Waals surface area (Å²) in [4.78, 5) is 13.1. The summed E-state index contributed by atoms with van der Waals surface area (Å²) in [6, 6.07) is -0.339. The number of aryl methyl sites for hydroxylation is 1. The van der Waals surface area contributed by atoms with Crippen LogP contribution < -0.4 is 5.73 Å². The lowest BCUT2D eigenvalue weighted by atomic mass is 10.3. The number of nitrogens with two attached hydrogens (primary N) is 1. The summed E-state index contributed by atoms with van der Waals surface area (Å²) in [5.41, 5.74) is 5.78. The van der Waals surface area contributed by atoms with E-state index >= 15 is 0 Å². The molecule has 0 aliphatic heterocycles. The Morgan fingerprint density at radius 1 is 1.58 bits per heavy atom. The number of amides is 1. The molecule has 0 bridgehead atoms. The number of halogens is 3. The summed E-state index contributed by atoms with van der Waals surface area (Å²) in [6.45, 7) is 0.877. The van der Waals surface area contributed by atoms with Crippen LogP contribution >= 0.6 is 0 Å². The van der Waals surface area contributed by atoms with Gasteiger partial charge in [-0.05, 0) is 19.8 Å². The molecule has 1 heterocycles. The van der Waals surface area contributed by atoms with Gasteiger partial charge in [0.25, 0.3) is 5.91 Å². The Morgan fingerprint density at radius 2 is 2.21 bits per heavy atom. The van der Waals surface area contributed by atoms with Gasteiger partial charge in [0.2, 0.25) is 0 Å². The molecule has 1 aliphatic carbocycles. The van der Waals surface area contributed by atoms with Gasteiger partial charge in [0.05, 0.1) is 11.9 Å².